The van der Waals surface area contributed by atoms with Gasteiger partial charge in [0.25, 0.3) is 0 Å². The van der Waals surface area contributed by atoms with Crippen LogP contribution in [0.4, 0.5) is 0 Å². The van der Waals surface area contributed by atoms with Crippen LogP contribution < -0.4 is 0 Å². The lowest BCUT2D eigenvalue weighted by molar-refractivity contribution is 0.167. The van der Waals surface area contributed by atoms with Gasteiger partial charge in [0, 0.05) is 12.3 Å². The second kappa shape index (κ2) is 6.45. The normalized spacial score (nSPS) is 22.6. The van der Waals surface area contributed by atoms with E-state index in [1.165, 1.54) is 6.26 Å². The number of nitrogens with zero attached hydrogens (tertiary/aromatic N) is 3. The first kappa shape index (κ1) is 16.2. The summed E-state index contributed by atoms with van der Waals surface area (Å²) in [6.45, 7) is 0.432. The highest BCUT2D eigenvalue weighted by Crippen LogP contribution is 2.28. The number of sulfone groups is 1. The molecule has 23 heavy (non-hydrogen) atoms. The van der Waals surface area contributed by atoms with E-state index in [9.17, 15) is 8.42 Å². The summed E-state index contributed by atoms with van der Waals surface area (Å²) < 4.78 is 34.3. The minimum absolute atomic E-state index is 0.0111. The summed E-state index contributed by atoms with van der Waals surface area (Å²) in [4.78, 5) is 6.36. The van der Waals surface area contributed by atoms with Crippen LogP contribution in [-0.4, -0.2) is 48.1 Å². The molecule has 1 aliphatic carbocycles. The molecule has 0 bridgehead atoms. The summed E-state index contributed by atoms with van der Waals surface area (Å²) in [7, 11) is -1.15. The van der Waals surface area contributed by atoms with Gasteiger partial charge in [-0.1, -0.05) is 18.0 Å². The maximum Gasteiger partial charge on any atom is 0.241 e. The number of hydrogen-bond acceptors (Lipinski definition) is 7. The van der Waals surface area contributed by atoms with E-state index in [-0.39, 0.29) is 11.3 Å². The molecule has 126 valence electrons. The Hall–Kier alpha value is -1.67. The first-order valence-corrected chi connectivity index (χ1v) is 9.65. The Morgan fingerprint density at radius 3 is 2.83 bits per heavy atom. The molecule has 7 nitrogen and oxygen atoms in total. The summed E-state index contributed by atoms with van der Waals surface area (Å²) in [6, 6.07) is 1.75. The van der Waals surface area contributed by atoms with Gasteiger partial charge in [0.2, 0.25) is 11.7 Å². The average Bonchev–Trinajstić information content (AvgIpc) is 3.17. The van der Waals surface area contributed by atoms with Gasteiger partial charge in [-0.3, -0.25) is 4.90 Å². The van der Waals surface area contributed by atoms with Crippen LogP contribution in [0.15, 0.2) is 27.5 Å². The summed E-state index contributed by atoms with van der Waals surface area (Å²) in [5, 5.41) is 3.61. The third kappa shape index (κ3) is 3.64. The highest BCUT2D eigenvalue weighted by Gasteiger charge is 2.35. The Morgan fingerprint density at radius 2 is 2.13 bits per heavy atom. The van der Waals surface area contributed by atoms with Crippen LogP contribution in [0, 0.1) is 0 Å². The molecular weight excluding hydrogens is 318 g/mol. The van der Waals surface area contributed by atoms with Crippen LogP contribution in [0.5, 0.6) is 0 Å². The first-order valence-electron chi connectivity index (χ1n) is 7.69. The largest absolute Gasteiger partial charge is 0.472 e. The molecule has 1 aliphatic rings. The summed E-state index contributed by atoms with van der Waals surface area (Å²) in [6.07, 6.45) is 8.04. The molecule has 0 saturated heterocycles. The summed E-state index contributed by atoms with van der Waals surface area (Å²) in [5.41, 5.74) is 0.759. The van der Waals surface area contributed by atoms with Crippen molar-refractivity contribution in [2.45, 2.75) is 43.5 Å². The van der Waals surface area contributed by atoms with Crippen molar-refractivity contribution in [1.29, 1.82) is 0 Å². The monoisotopic (exact) mass is 339 g/mol. The van der Waals surface area contributed by atoms with Crippen molar-refractivity contribution >= 4 is 9.84 Å². The average molecular weight is 339 g/mol. The Morgan fingerprint density at radius 1 is 1.35 bits per heavy atom. The smallest absolute Gasteiger partial charge is 0.241 e. The van der Waals surface area contributed by atoms with Gasteiger partial charge in [0.15, 0.2) is 9.84 Å². The van der Waals surface area contributed by atoms with E-state index in [0.717, 1.165) is 31.2 Å². The SMILES string of the molecule is CN(Cc1nc(-c2ccoc2)no1)[C@@H]1CCCC[C@@H]1S(C)(=O)=O. The van der Waals surface area contributed by atoms with E-state index in [1.54, 1.807) is 18.6 Å². The van der Waals surface area contributed by atoms with Gasteiger partial charge in [0.1, 0.15) is 6.26 Å². The Kier molecular flexibility index (Phi) is 4.54. The maximum absolute atomic E-state index is 12.0. The van der Waals surface area contributed by atoms with Crippen LogP contribution in [-0.2, 0) is 16.4 Å². The molecule has 0 aromatic carbocycles. The van der Waals surface area contributed by atoms with E-state index in [1.807, 2.05) is 11.9 Å². The fraction of sp³-hybridized carbons (Fsp3) is 0.600. The van der Waals surface area contributed by atoms with E-state index < -0.39 is 9.84 Å². The molecule has 0 aliphatic heterocycles. The molecule has 0 spiro atoms. The minimum Gasteiger partial charge on any atom is -0.472 e. The molecule has 3 rings (SSSR count). The van der Waals surface area contributed by atoms with Gasteiger partial charge < -0.3 is 8.94 Å². The molecule has 0 radical (unpaired) electrons. The van der Waals surface area contributed by atoms with Crippen molar-refractivity contribution in [3.8, 4) is 11.4 Å². The molecule has 1 saturated carbocycles. The van der Waals surface area contributed by atoms with Gasteiger partial charge in [-0.25, -0.2) is 8.42 Å². The Bertz CT molecular complexity index is 739. The first-order chi connectivity index (χ1) is 10.9. The lowest BCUT2D eigenvalue weighted by Crippen LogP contribution is -2.46. The van der Waals surface area contributed by atoms with Gasteiger partial charge in [-0.05, 0) is 26.0 Å². The standard InChI is InChI=1S/C15H21N3O4S/c1-18(12-5-3-4-6-13(12)23(2,19)20)9-14-16-15(17-22-14)11-7-8-21-10-11/h7-8,10,12-13H,3-6,9H2,1-2H3/t12-,13+/m1/s1. The topological polar surface area (TPSA) is 89.4 Å². The van der Waals surface area contributed by atoms with Gasteiger partial charge in [0.05, 0.1) is 23.6 Å². The van der Waals surface area contributed by atoms with Crippen LogP contribution >= 0.6 is 0 Å². The number of hydrogen-bond donors (Lipinski definition) is 0. The molecule has 2 aromatic heterocycles. The van der Waals surface area contributed by atoms with E-state index in [2.05, 4.69) is 10.1 Å². The van der Waals surface area contributed by atoms with Crippen molar-refractivity contribution in [2.24, 2.45) is 0 Å². The molecule has 1 fully saturated rings. The molecule has 0 amide bonds. The fourth-order valence-corrected chi connectivity index (χ4v) is 4.75. The number of rotatable bonds is 5. The highest BCUT2D eigenvalue weighted by molar-refractivity contribution is 7.91. The lowest BCUT2D eigenvalue weighted by Gasteiger charge is -2.36. The maximum atomic E-state index is 12.0. The van der Waals surface area contributed by atoms with Crippen molar-refractivity contribution in [3.63, 3.8) is 0 Å². The lowest BCUT2D eigenvalue weighted by atomic mass is 9.94. The summed E-state index contributed by atoms with van der Waals surface area (Å²) in [5.74, 6) is 0.951. The number of aromatic nitrogens is 2. The van der Waals surface area contributed by atoms with Crippen LogP contribution in [0.2, 0.25) is 0 Å². The van der Waals surface area contributed by atoms with Crippen LogP contribution in [0.1, 0.15) is 31.6 Å². The van der Waals surface area contributed by atoms with Crippen molar-refractivity contribution < 1.29 is 17.4 Å². The summed E-state index contributed by atoms with van der Waals surface area (Å²) >= 11 is 0. The minimum atomic E-state index is -3.06. The molecule has 0 N–H and O–H groups in total. The predicted octanol–water partition coefficient (Wildman–Crippen LogP) is 2.12. The highest BCUT2D eigenvalue weighted by atomic mass is 32.2. The predicted molar refractivity (Wildman–Crippen MR) is 84.4 cm³/mol. The number of furan rings is 1. The molecule has 2 heterocycles. The second-order valence-corrected chi connectivity index (χ2v) is 8.42. The quantitative estimate of drug-likeness (QED) is 0.824. The molecule has 2 atom stereocenters. The van der Waals surface area contributed by atoms with Gasteiger partial charge >= 0.3 is 0 Å². The van der Waals surface area contributed by atoms with Crippen molar-refractivity contribution in [3.05, 3.63) is 24.5 Å². The van der Waals surface area contributed by atoms with E-state index in [4.69, 9.17) is 8.94 Å². The fourth-order valence-electron chi connectivity index (χ4n) is 3.24. The molecule has 2 aromatic rings. The molecule has 8 heteroatoms. The third-order valence-corrected chi connectivity index (χ3v) is 6.07. The van der Waals surface area contributed by atoms with Crippen LogP contribution in [0.3, 0.4) is 0 Å². The Balaban J connectivity index is 1.72. The van der Waals surface area contributed by atoms with Gasteiger partial charge in [-0.2, -0.15) is 4.98 Å². The zero-order chi connectivity index (χ0) is 16.4. The van der Waals surface area contributed by atoms with E-state index in [0.29, 0.717) is 18.3 Å². The van der Waals surface area contributed by atoms with E-state index >= 15 is 0 Å². The zero-order valence-electron chi connectivity index (χ0n) is 13.3. The van der Waals surface area contributed by atoms with Crippen molar-refractivity contribution in [1.82, 2.24) is 15.0 Å². The molecule has 0 unspecified atom stereocenters. The molecular formula is C15H21N3O4S. The van der Waals surface area contributed by atoms with Crippen LogP contribution in [0.25, 0.3) is 11.4 Å². The Labute approximate surface area is 135 Å². The third-order valence-electron chi connectivity index (χ3n) is 4.42. The second-order valence-electron chi connectivity index (χ2n) is 6.16. The van der Waals surface area contributed by atoms with Gasteiger partial charge in [-0.15, -0.1) is 0 Å². The van der Waals surface area contributed by atoms with Crippen molar-refractivity contribution in [2.75, 3.05) is 13.3 Å². The zero-order valence-corrected chi connectivity index (χ0v) is 14.1.